The molecule has 1 aromatic carbocycles. The van der Waals surface area contributed by atoms with Crippen molar-refractivity contribution in [2.45, 2.75) is 65.0 Å². The SMILES string of the molecule is Cc1cc(NC(=O)c2c(Cl)c(C(=O)C(=O)NC(C)(C)CCCC(=O)O)n3c2CCC3)ccc1F. The van der Waals surface area contributed by atoms with E-state index in [0.717, 1.165) is 0 Å². The average Bonchev–Trinajstić information content (AvgIpc) is 3.28. The number of hydrogen-bond acceptors (Lipinski definition) is 4. The Labute approximate surface area is 201 Å². The third kappa shape index (κ3) is 5.47. The van der Waals surface area contributed by atoms with E-state index in [4.69, 9.17) is 16.7 Å². The molecule has 0 spiro atoms. The first kappa shape index (κ1) is 25.4. The van der Waals surface area contributed by atoms with E-state index < -0.39 is 34.9 Å². The number of rotatable bonds is 9. The van der Waals surface area contributed by atoms with Crippen molar-refractivity contribution < 1.29 is 28.7 Å². The van der Waals surface area contributed by atoms with Gasteiger partial charge in [0.25, 0.3) is 17.6 Å². The molecule has 0 radical (unpaired) electrons. The van der Waals surface area contributed by atoms with Gasteiger partial charge in [-0.3, -0.25) is 19.2 Å². The first-order chi connectivity index (χ1) is 15.9. The van der Waals surface area contributed by atoms with E-state index >= 15 is 0 Å². The predicted molar refractivity (Wildman–Crippen MR) is 125 cm³/mol. The number of benzene rings is 1. The first-order valence-corrected chi connectivity index (χ1v) is 11.4. The average molecular weight is 492 g/mol. The van der Waals surface area contributed by atoms with Gasteiger partial charge in [0.05, 0.1) is 10.6 Å². The zero-order valence-electron chi connectivity index (χ0n) is 19.3. The van der Waals surface area contributed by atoms with Crippen LogP contribution in [0.4, 0.5) is 10.1 Å². The summed E-state index contributed by atoms with van der Waals surface area (Å²) in [6.45, 7) is 5.42. The standard InChI is InChI=1S/C24H27ClFN3O5/c1-13-12-14(8-9-15(13)26)27-22(33)18-16-6-5-11-29(16)20(19(18)25)21(32)23(34)28-24(2,3)10-4-7-17(30)31/h8-9,12H,4-7,10-11H2,1-3H3,(H,27,33)(H,28,34)(H,30,31). The van der Waals surface area contributed by atoms with Gasteiger partial charge in [-0.1, -0.05) is 11.6 Å². The summed E-state index contributed by atoms with van der Waals surface area (Å²) in [5, 5.41) is 14.0. The van der Waals surface area contributed by atoms with E-state index in [1.165, 1.54) is 18.2 Å². The second kappa shape index (κ2) is 9.97. The van der Waals surface area contributed by atoms with Crippen LogP contribution in [0.25, 0.3) is 0 Å². The fourth-order valence-electron chi connectivity index (χ4n) is 4.13. The molecule has 0 saturated heterocycles. The molecule has 2 aromatic rings. The van der Waals surface area contributed by atoms with Crippen LogP contribution in [0, 0.1) is 12.7 Å². The van der Waals surface area contributed by atoms with Gasteiger partial charge in [0.15, 0.2) is 0 Å². The van der Waals surface area contributed by atoms with Gasteiger partial charge in [-0.25, -0.2) is 4.39 Å². The monoisotopic (exact) mass is 491 g/mol. The third-order valence-electron chi connectivity index (χ3n) is 5.82. The molecule has 0 saturated carbocycles. The Kier molecular flexibility index (Phi) is 7.45. The second-order valence-electron chi connectivity index (χ2n) is 9.07. The number of amides is 2. The normalized spacial score (nSPS) is 12.9. The van der Waals surface area contributed by atoms with E-state index in [2.05, 4.69) is 10.6 Å². The number of carboxylic acid groups (broad SMARTS) is 1. The van der Waals surface area contributed by atoms with E-state index in [9.17, 15) is 23.6 Å². The number of aryl methyl sites for hydroxylation is 1. The van der Waals surface area contributed by atoms with Gasteiger partial charge in [-0.2, -0.15) is 0 Å². The Morgan fingerprint density at radius 2 is 1.94 bits per heavy atom. The number of hydrogen-bond donors (Lipinski definition) is 3. The molecule has 1 aromatic heterocycles. The molecule has 3 rings (SSSR count). The van der Waals surface area contributed by atoms with Gasteiger partial charge in [0.1, 0.15) is 11.5 Å². The Morgan fingerprint density at radius 1 is 1.24 bits per heavy atom. The summed E-state index contributed by atoms with van der Waals surface area (Å²) >= 11 is 6.49. The molecule has 3 N–H and O–H groups in total. The lowest BCUT2D eigenvalue weighted by Crippen LogP contribution is -2.46. The number of nitrogens with zero attached hydrogens (tertiary/aromatic N) is 1. The summed E-state index contributed by atoms with van der Waals surface area (Å²) in [6.07, 6.45) is 1.86. The Hall–Kier alpha value is -3.20. The van der Waals surface area contributed by atoms with Gasteiger partial charge in [-0.15, -0.1) is 0 Å². The van der Waals surface area contributed by atoms with Crippen molar-refractivity contribution in [1.82, 2.24) is 9.88 Å². The van der Waals surface area contributed by atoms with Crippen LogP contribution in [0.5, 0.6) is 0 Å². The molecule has 0 unspecified atom stereocenters. The van der Waals surface area contributed by atoms with Gasteiger partial charge in [-0.05, 0) is 70.2 Å². The maximum absolute atomic E-state index is 13.6. The number of halogens is 2. The molecule has 8 nitrogen and oxygen atoms in total. The van der Waals surface area contributed by atoms with Crippen molar-refractivity contribution >= 4 is 40.9 Å². The van der Waals surface area contributed by atoms with E-state index in [0.29, 0.717) is 49.2 Å². The minimum Gasteiger partial charge on any atom is -0.481 e. The van der Waals surface area contributed by atoms with Gasteiger partial charge >= 0.3 is 5.97 Å². The molecule has 2 heterocycles. The van der Waals surface area contributed by atoms with Crippen LogP contribution in [0.15, 0.2) is 18.2 Å². The molecule has 10 heteroatoms. The highest BCUT2D eigenvalue weighted by Gasteiger charge is 2.35. The molecule has 1 aliphatic rings. The van der Waals surface area contributed by atoms with Crippen molar-refractivity contribution in [3.63, 3.8) is 0 Å². The summed E-state index contributed by atoms with van der Waals surface area (Å²) in [4.78, 5) is 49.6. The van der Waals surface area contributed by atoms with Gasteiger partial charge < -0.3 is 20.3 Å². The van der Waals surface area contributed by atoms with Crippen LogP contribution in [-0.2, 0) is 22.6 Å². The number of carboxylic acids is 1. The van der Waals surface area contributed by atoms with Crippen molar-refractivity contribution in [3.05, 3.63) is 51.6 Å². The third-order valence-corrected chi connectivity index (χ3v) is 6.18. The van der Waals surface area contributed by atoms with Gasteiger partial charge in [0, 0.05) is 29.9 Å². The predicted octanol–water partition coefficient (Wildman–Crippen LogP) is 4.12. The van der Waals surface area contributed by atoms with Gasteiger partial charge in [0.2, 0.25) is 0 Å². The van der Waals surface area contributed by atoms with Crippen LogP contribution in [0.3, 0.4) is 0 Å². The number of carbonyl (C=O) groups excluding carboxylic acids is 3. The molecule has 0 fully saturated rings. The van der Waals surface area contributed by atoms with E-state index in [1.54, 1.807) is 25.3 Å². The Morgan fingerprint density at radius 3 is 2.59 bits per heavy atom. The van der Waals surface area contributed by atoms with Crippen molar-refractivity contribution in [2.24, 2.45) is 0 Å². The molecule has 1 aliphatic heterocycles. The number of fused-ring (bicyclic) bond motifs is 1. The molecule has 34 heavy (non-hydrogen) atoms. The highest BCUT2D eigenvalue weighted by Crippen LogP contribution is 2.34. The minimum absolute atomic E-state index is 0.0443. The number of aliphatic carboxylic acids is 1. The van der Waals surface area contributed by atoms with Crippen LogP contribution >= 0.6 is 11.6 Å². The van der Waals surface area contributed by atoms with Crippen LogP contribution < -0.4 is 10.6 Å². The summed E-state index contributed by atoms with van der Waals surface area (Å²) in [6, 6.07) is 4.16. The fourth-order valence-corrected chi connectivity index (χ4v) is 4.51. The molecule has 2 amide bonds. The summed E-state index contributed by atoms with van der Waals surface area (Å²) < 4.78 is 15.2. The maximum Gasteiger partial charge on any atom is 0.303 e. The first-order valence-electron chi connectivity index (χ1n) is 11.0. The van der Waals surface area contributed by atoms with Crippen LogP contribution in [-0.4, -0.2) is 38.8 Å². The summed E-state index contributed by atoms with van der Waals surface area (Å²) in [5.41, 5.74) is 0.580. The van der Waals surface area contributed by atoms with Crippen LogP contribution in [0.1, 0.15) is 71.6 Å². The highest BCUT2D eigenvalue weighted by atomic mass is 35.5. The minimum atomic E-state index is -0.935. The van der Waals surface area contributed by atoms with Crippen molar-refractivity contribution in [1.29, 1.82) is 0 Å². The summed E-state index contributed by atoms with van der Waals surface area (Å²) in [5.74, 6) is -3.62. The zero-order chi connectivity index (χ0) is 25.2. The van der Waals surface area contributed by atoms with E-state index in [-0.39, 0.29) is 22.7 Å². The molecule has 182 valence electrons. The molecular formula is C24H27ClFN3O5. The number of ketones is 1. The number of anilines is 1. The largest absolute Gasteiger partial charge is 0.481 e. The lowest BCUT2D eigenvalue weighted by atomic mass is 9.96. The Balaban J connectivity index is 1.83. The van der Waals surface area contributed by atoms with Crippen LogP contribution in [0.2, 0.25) is 5.02 Å². The van der Waals surface area contributed by atoms with E-state index in [1.807, 2.05) is 0 Å². The molecule has 0 bridgehead atoms. The number of nitrogens with one attached hydrogen (secondary N) is 2. The number of Topliss-reactive ketones (excluding diaryl/α,β-unsaturated/α-hetero) is 1. The maximum atomic E-state index is 13.6. The number of carbonyl (C=O) groups is 4. The van der Waals surface area contributed by atoms with Crippen molar-refractivity contribution in [3.8, 4) is 0 Å². The molecule has 0 atom stereocenters. The quantitative estimate of drug-likeness (QED) is 0.360. The lowest BCUT2D eigenvalue weighted by molar-refractivity contribution is -0.137. The molecule has 0 aliphatic carbocycles. The second-order valence-corrected chi connectivity index (χ2v) is 9.45. The molecular weight excluding hydrogens is 465 g/mol. The lowest BCUT2D eigenvalue weighted by Gasteiger charge is -2.25. The Bertz CT molecular complexity index is 1170. The van der Waals surface area contributed by atoms with Crippen molar-refractivity contribution in [2.75, 3.05) is 5.32 Å². The highest BCUT2D eigenvalue weighted by molar-refractivity contribution is 6.48. The zero-order valence-corrected chi connectivity index (χ0v) is 20.0. The fraction of sp³-hybridized carbons (Fsp3) is 0.417. The summed E-state index contributed by atoms with van der Waals surface area (Å²) in [7, 11) is 0. The number of aromatic nitrogens is 1. The topological polar surface area (TPSA) is 118 Å². The smallest absolute Gasteiger partial charge is 0.303 e.